The van der Waals surface area contributed by atoms with Crippen LogP contribution in [0.3, 0.4) is 0 Å². The predicted molar refractivity (Wildman–Crippen MR) is 81.3 cm³/mol. The molecule has 2 unspecified atom stereocenters. The van der Waals surface area contributed by atoms with Crippen LogP contribution in [0.5, 0.6) is 0 Å². The molecule has 2 amide bonds. The maximum absolute atomic E-state index is 11.9. The van der Waals surface area contributed by atoms with Gasteiger partial charge in [-0.15, -0.1) is 0 Å². The van der Waals surface area contributed by atoms with Crippen LogP contribution in [0.2, 0.25) is 0 Å². The minimum Gasteiger partial charge on any atom is -0.396 e. The van der Waals surface area contributed by atoms with Gasteiger partial charge in [-0.3, -0.25) is 0 Å². The van der Waals surface area contributed by atoms with Gasteiger partial charge in [-0.1, -0.05) is 13.0 Å². The Morgan fingerprint density at radius 1 is 1.45 bits per heavy atom. The van der Waals surface area contributed by atoms with Crippen LogP contribution in [0.1, 0.15) is 19.4 Å². The topological polar surface area (TPSA) is 64.6 Å². The Bertz CT molecular complexity index is 490. The van der Waals surface area contributed by atoms with E-state index >= 15 is 0 Å². The second-order valence-electron chi connectivity index (χ2n) is 5.56. The number of aliphatic hydroxyl groups is 1. The molecule has 3 N–H and O–H groups in total. The summed E-state index contributed by atoms with van der Waals surface area (Å²) in [5.41, 5.74) is 3.29. The Morgan fingerprint density at radius 2 is 2.20 bits per heavy atom. The highest BCUT2D eigenvalue weighted by Gasteiger charge is 2.17. The van der Waals surface area contributed by atoms with Gasteiger partial charge in [0.25, 0.3) is 0 Å². The number of hydrogen-bond acceptors (Lipinski definition) is 3. The van der Waals surface area contributed by atoms with E-state index in [1.54, 1.807) is 0 Å². The second-order valence-corrected chi connectivity index (χ2v) is 5.56. The lowest BCUT2D eigenvalue weighted by atomic mass is 10.1. The summed E-state index contributed by atoms with van der Waals surface area (Å²) in [6, 6.07) is 5.68. The number of rotatable bonds is 4. The second kappa shape index (κ2) is 6.13. The molecule has 110 valence electrons. The molecule has 0 bridgehead atoms. The van der Waals surface area contributed by atoms with E-state index < -0.39 is 0 Å². The maximum Gasteiger partial charge on any atom is 0.319 e. The minimum atomic E-state index is -0.238. The van der Waals surface area contributed by atoms with Gasteiger partial charge in [0.05, 0.1) is 0 Å². The van der Waals surface area contributed by atoms with Crippen molar-refractivity contribution >= 4 is 17.4 Å². The van der Waals surface area contributed by atoms with E-state index in [1.165, 1.54) is 11.3 Å². The number of likely N-dealkylation sites (N-methyl/N-ethyl adjacent to an activating group) is 1. The van der Waals surface area contributed by atoms with Crippen LogP contribution in [0, 0.1) is 5.92 Å². The average Bonchev–Trinajstić information content (AvgIpc) is 2.79. The van der Waals surface area contributed by atoms with E-state index in [-0.39, 0.29) is 24.6 Å². The van der Waals surface area contributed by atoms with Crippen molar-refractivity contribution in [2.24, 2.45) is 5.92 Å². The average molecular weight is 277 g/mol. The number of carbonyl (C=O) groups is 1. The molecule has 2 rings (SSSR count). The summed E-state index contributed by atoms with van der Waals surface area (Å²) in [4.78, 5) is 14.1. The van der Waals surface area contributed by atoms with Gasteiger partial charge in [-0.25, -0.2) is 4.79 Å². The lowest BCUT2D eigenvalue weighted by Crippen LogP contribution is -2.40. The van der Waals surface area contributed by atoms with Gasteiger partial charge in [-0.05, 0) is 37.0 Å². The molecular formula is C15H23N3O2. The molecule has 0 radical (unpaired) electrons. The molecule has 2 atom stereocenters. The quantitative estimate of drug-likeness (QED) is 0.786. The largest absolute Gasteiger partial charge is 0.396 e. The summed E-state index contributed by atoms with van der Waals surface area (Å²) in [5, 5.41) is 14.7. The SMILES string of the molecule is CC(CO)C(C)NC(=O)Nc1ccc2c(c1)N(C)CC2. The first kappa shape index (κ1) is 14.7. The monoisotopic (exact) mass is 277 g/mol. The maximum atomic E-state index is 11.9. The van der Waals surface area contributed by atoms with E-state index in [4.69, 9.17) is 5.11 Å². The van der Waals surface area contributed by atoms with E-state index in [1.807, 2.05) is 26.0 Å². The molecule has 0 aromatic heterocycles. The van der Waals surface area contributed by atoms with Crippen molar-refractivity contribution in [3.63, 3.8) is 0 Å². The fraction of sp³-hybridized carbons (Fsp3) is 0.533. The summed E-state index contributed by atoms with van der Waals surface area (Å²) >= 11 is 0. The fourth-order valence-electron chi connectivity index (χ4n) is 2.29. The summed E-state index contributed by atoms with van der Waals surface area (Å²) in [5.74, 6) is 0.0342. The van der Waals surface area contributed by atoms with E-state index in [2.05, 4.69) is 28.6 Å². The number of urea groups is 1. The smallest absolute Gasteiger partial charge is 0.319 e. The van der Waals surface area contributed by atoms with Gasteiger partial charge in [-0.2, -0.15) is 0 Å². The fourth-order valence-corrected chi connectivity index (χ4v) is 2.29. The molecule has 1 aliphatic heterocycles. The summed E-state index contributed by atoms with van der Waals surface area (Å²) in [7, 11) is 2.06. The van der Waals surface area contributed by atoms with Crippen molar-refractivity contribution in [2.45, 2.75) is 26.3 Å². The van der Waals surface area contributed by atoms with Crippen molar-refractivity contribution in [2.75, 3.05) is 30.4 Å². The first-order valence-electron chi connectivity index (χ1n) is 7.03. The molecule has 0 spiro atoms. The standard InChI is InChI=1S/C15H23N3O2/c1-10(9-19)11(2)16-15(20)17-13-5-4-12-6-7-18(3)14(12)8-13/h4-5,8,10-11,19H,6-7,9H2,1-3H3,(H2,16,17,20). The molecule has 0 fully saturated rings. The van der Waals surface area contributed by atoms with Gasteiger partial charge in [0.2, 0.25) is 0 Å². The van der Waals surface area contributed by atoms with E-state index in [0.717, 1.165) is 18.7 Å². The molecule has 20 heavy (non-hydrogen) atoms. The van der Waals surface area contributed by atoms with Gasteiger partial charge >= 0.3 is 6.03 Å². The van der Waals surface area contributed by atoms with Crippen molar-refractivity contribution in [3.8, 4) is 0 Å². The van der Waals surface area contributed by atoms with Crippen LogP contribution in [0.15, 0.2) is 18.2 Å². The Hall–Kier alpha value is -1.75. The van der Waals surface area contributed by atoms with Crippen molar-refractivity contribution in [1.82, 2.24) is 5.32 Å². The van der Waals surface area contributed by atoms with Crippen molar-refractivity contribution < 1.29 is 9.90 Å². The molecule has 0 aliphatic carbocycles. The predicted octanol–water partition coefficient (Wildman–Crippen LogP) is 1.82. The molecular weight excluding hydrogens is 254 g/mol. The molecule has 1 aliphatic rings. The van der Waals surface area contributed by atoms with E-state index in [0.29, 0.717) is 0 Å². The van der Waals surface area contributed by atoms with Gasteiger partial charge in [0, 0.05) is 37.6 Å². The van der Waals surface area contributed by atoms with E-state index in [9.17, 15) is 4.79 Å². The van der Waals surface area contributed by atoms with Crippen LogP contribution in [0.4, 0.5) is 16.2 Å². The van der Waals surface area contributed by atoms with Crippen LogP contribution in [-0.4, -0.2) is 37.4 Å². The zero-order valence-electron chi connectivity index (χ0n) is 12.3. The van der Waals surface area contributed by atoms with Crippen molar-refractivity contribution in [1.29, 1.82) is 0 Å². The summed E-state index contributed by atoms with van der Waals surface area (Å²) < 4.78 is 0. The Balaban J connectivity index is 1.97. The Morgan fingerprint density at radius 3 is 2.90 bits per heavy atom. The number of aliphatic hydroxyl groups excluding tert-OH is 1. The van der Waals surface area contributed by atoms with Gasteiger partial charge < -0.3 is 20.6 Å². The number of nitrogens with zero attached hydrogens (tertiary/aromatic N) is 1. The normalized spacial score (nSPS) is 16.5. The Kier molecular flexibility index (Phi) is 4.49. The number of amides is 2. The number of benzene rings is 1. The highest BCUT2D eigenvalue weighted by molar-refractivity contribution is 5.90. The number of fused-ring (bicyclic) bond motifs is 1. The third kappa shape index (κ3) is 3.22. The van der Waals surface area contributed by atoms with Crippen LogP contribution in [0.25, 0.3) is 0 Å². The molecule has 0 saturated heterocycles. The zero-order valence-corrected chi connectivity index (χ0v) is 12.3. The van der Waals surface area contributed by atoms with Crippen LogP contribution < -0.4 is 15.5 Å². The first-order chi connectivity index (χ1) is 9.51. The number of anilines is 2. The molecule has 1 aromatic carbocycles. The summed E-state index contributed by atoms with van der Waals surface area (Å²) in [6.07, 6.45) is 1.06. The lowest BCUT2D eigenvalue weighted by molar-refractivity contribution is 0.204. The molecule has 0 saturated carbocycles. The van der Waals surface area contributed by atoms with Crippen LogP contribution in [-0.2, 0) is 6.42 Å². The first-order valence-corrected chi connectivity index (χ1v) is 7.03. The third-order valence-corrected chi connectivity index (χ3v) is 3.97. The number of carbonyl (C=O) groups excluding carboxylic acids is 1. The highest BCUT2D eigenvalue weighted by Crippen LogP contribution is 2.29. The lowest BCUT2D eigenvalue weighted by Gasteiger charge is -2.20. The van der Waals surface area contributed by atoms with Crippen molar-refractivity contribution in [3.05, 3.63) is 23.8 Å². The molecule has 5 heteroatoms. The molecule has 1 heterocycles. The number of nitrogens with one attached hydrogen (secondary N) is 2. The summed E-state index contributed by atoms with van der Waals surface area (Å²) in [6.45, 7) is 4.87. The zero-order chi connectivity index (χ0) is 14.7. The molecule has 1 aromatic rings. The van der Waals surface area contributed by atoms with Crippen LogP contribution >= 0.6 is 0 Å². The van der Waals surface area contributed by atoms with Gasteiger partial charge in [0.1, 0.15) is 0 Å². The highest BCUT2D eigenvalue weighted by atomic mass is 16.3. The molecule has 5 nitrogen and oxygen atoms in total. The number of hydrogen-bond donors (Lipinski definition) is 3. The minimum absolute atomic E-state index is 0.0342. The Labute approximate surface area is 120 Å². The van der Waals surface area contributed by atoms with Gasteiger partial charge in [0.15, 0.2) is 0 Å². The third-order valence-electron chi connectivity index (χ3n) is 3.97.